The number of urea groups is 1. The number of anilines is 1. The van der Waals surface area contributed by atoms with Gasteiger partial charge in [0.25, 0.3) is 0 Å². The lowest BCUT2D eigenvalue weighted by Gasteiger charge is -2.23. The molecule has 11 heteroatoms. The SMILES string of the molecule is CCS(=O)(=O)Oc1cccc(CN(Cc2ccco2)C(=O)Nc2ccc(C(F)(F)F)cc2)c1. The fourth-order valence-corrected chi connectivity index (χ4v) is 3.37. The van der Waals surface area contributed by atoms with E-state index in [2.05, 4.69) is 5.32 Å². The highest BCUT2D eigenvalue weighted by atomic mass is 32.2. The summed E-state index contributed by atoms with van der Waals surface area (Å²) in [6.45, 7) is 1.57. The molecule has 1 aromatic heterocycles. The fraction of sp³-hybridized carbons (Fsp3) is 0.227. The Bertz CT molecular complexity index is 1180. The van der Waals surface area contributed by atoms with Gasteiger partial charge in [0.2, 0.25) is 0 Å². The number of alkyl halides is 3. The van der Waals surface area contributed by atoms with Gasteiger partial charge in [0, 0.05) is 12.2 Å². The number of benzene rings is 2. The Labute approximate surface area is 188 Å². The van der Waals surface area contributed by atoms with Gasteiger partial charge in [-0.15, -0.1) is 0 Å². The summed E-state index contributed by atoms with van der Waals surface area (Å²) < 4.78 is 72.1. The second kappa shape index (κ2) is 9.99. The Hall–Kier alpha value is -3.47. The minimum absolute atomic E-state index is 0.0521. The summed E-state index contributed by atoms with van der Waals surface area (Å²) in [5.74, 6) is 0.395. The van der Waals surface area contributed by atoms with Crippen LogP contribution >= 0.6 is 0 Å². The van der Waals surface area contributed by atoms with Crippen LogP contribution in [-0.4, -0.2) is 25.1 Å². The molecule has 0 spiro atoms. The summed E-state index contributed by atoms with van der Waals surface area (Å²) in [5, 5.41) is 2.57. The molecule has 7 nitrogen and oxygen atoms in total. The maximum Gasteiger partial charge on any atom is 0.416 e. The van der Waals surface area contributed by atoms with Crippen molar-refractivity contribution in [3.63, 3.8) is 0 Å². The van der Waals surface area contributed by atoms with Gasteiger partial charge in [0.05, 0.1) is 24.1 Å². The molecule has 0 fully saturated rings. The molecule has 0 aliphatic heterocycles. The monoisotopic (exact) mass is 482 g/mol. The van der Waals surface area contributed by atoms with E-state index in [9.17, 15) is 26.4 Å². The maximum absolute atomic E-state index is 12.9. The predicted molar refractivity (Wildman–Crippen MR) is 115 cm³/mol. The summed E-state index contributed by atoms with van der Waals surface area (Å²) in [4.78, 5) is 14.3. The zero-order chi connectivity index (χ0) is 24.1. The van der Waals surface area contributed by atoms with Crippen molar-refractivity contribution in [3.05, 3.63) is 83.8 Å². The second-order valence-corrected chi connectivity index (χ2v) is 8.88. The van der Waals surface area contributed by atoms with Crippen LogP contribution in [0, 0.1) is 0 Å². The number of rotatable bonds is 8. The minimum atomic E-state index is -4.48. The van der Waals surface area contributed by atoms with Crippen LogP contribution in [0.25, 0.3) is 0 Å². The van der Waals surface area contributed by atoms with Crippen LogP contribution in [0.4, 0.5) is 23.7 Å². The molecule has 1 heterocycles. The molecular formula is C22H21F3N2O5S. The first kappa shape index (κ1) is 24.2. The van der Waals surface area contributed by atoms with Crippen molar-refractivity contribution >= 4 is 21.8 Å². The molecule has 0 saturated carbocycles. The van der Waals surface area contributed by atoms with Crippen LogP contribution in [0.2, 0.25) is 0 Å². The van der Waals surface area contributed by atoms with Gasteiger partial charge in [-0.1, -0.05) is 12.1 Å². The molecule has 0 radical (unpaired) electrons. The zero-order valence-electron chi connectivity index (χ0n) is 17.5. The number of carbonyl (C=O) groups is 1. The molecule has 0 atom stereocenters. The third-order valence-electron chi connectivity index (χ3n) is 4.53. The van der Waals surface area contributed by atoms with Crippen molar-refractivity contribution in [1.29, 1.82) is 0 Å². The van der Waals surface area contributed by atoms with Crippen molar-refractivity contribution < 1.29 is 35.0 Å². The standard InChI is InChI=1S/C22H21F3N2O5S/c1-2-33(29,30)32-19-6-3-5-16(13-19)14-27(15-20-7-4-12-31-20)21(28)26-18-10-8-17(9-11-18)22(23,24)25/h3-13H,2,14-15H2,1H3,(H,26,28). The normalized spacial score (nSPS) is 11.8. The Morgan fingerprint density at radius 3 is 2.39 bits per heavy atom. The van der Waals surface area contributed by atoms with E-state index in [4.69, 9.17) is 8.60 Å². The molecule has 2 aromatic carbocycles. The molecule has 0 aliphatic rings. The molecule has 2 amide bonds. The van der Waals surface area contributed by atoms with E-state index in [0.717, 1.165) is 24.3 Å². The number of halogens is 3. The molecule has 176 valence electrons. The number of amides is 2. The lowest BCUT2D eigenvalue weighted by Crippen LogP contribution is -2.34. The summed E-state index contributed by atoms with van der Waals surface area (Å²) >= 11 is 0. The summed E-state index contributed by atoms with van der Waals surface area (Å²) in [7, 11) is -3.72. The first-order valence-corrected chi connectivity index (χ1v) is 11.4. The van der Waals surface area contributed by atoms with Crippen LogP contribution in [0.15, 0.2) is 71.3 Å². The third kappa shape index (κ3) is 7.01. The molecule has 3 rings (SSSR count). The van der Waals surface area contributed by atoms with E-state index in [0.29, 0.717) is 11.3 Å². The van der Waals surface area contributed by atoms with E-state index in [-0.39, 0.29) is 30.3 Å². The molecule has 3 aromatic rings. The highest BCUT2D eigenvalue weighted by Crippen LogP contribution is 2.30. The fourth-order valence-electron chi connectivity index (χ4n) is 2.86. The Morgan fingerprint density at radius 2 is 1.79 bits per heavy atom. The van der Waals surface area contributed by atoms with Gasteiger partial charge in [-0.2, -0.15) is 21.6 Å². The lowest BCUT2D eigenvalue weighted by atomic mass is 10.2. The van der Waals surface area contributed by atoms with E-state index in [1.165, 1.54) is 30.2 Å². The summed E-state index contributed by atoms with van der Waals surface area (Å²) in [6, 6.07) is 13.1. The Morgan fingerprint density at radius 1 is 1.06 bits per heavy atom. The van der Waals surface area contributed by atoms with Crippen molar-refractivity contribution in [3.8, 4) is 5.75 Å². The summed E-state index contributed by atoms with van der Waals surface area (Å²) in [6.07, 6.45) is -3.03. The molecular weight excluding hydrogens is 461 g/mol. The first-order chi connectivity index (χ1) is 15.6. The van der Waals surface area contributed by atoms with Crippen molar-refractivity contribution in [2.75, 3.05) is 11.1 Å². The van der Waals surface area contributed by atoms with Gasteiger partial charge in [0.1, 0.15) is 11.5 Å². The quantitative estimate of drug-likeness (QED) is 0.443. The van der Waals surface area contributed by atoms with Crippen LogP contribution < -0.4 is 9.50 Å². The molecule has 0 bridgehead atoms. The third-order valence-corrected chi connectivity index (χ3v) is 5.68. The average Bonchev–Trinajstić information content (AvgIpc) is 3.26. The van der Waals surface area contributed by atoms with Gasteiger partial charge in [-0.05, 0) is 61.0 Å². The smallest absolute Gasteiger partial charge is 0.416 e. The molecule has 33 heavy (non-hydrogen) atoms. The topological polar surface area (TPSA) is 88.9 Å². The zero-order valence-corrected chi connectivity index (χ0v) is 18.3. The van der Waals surface area contributed by atoms with Gasteiger partial charge in [-0.3, -0.25) is 0 Å². The van der Waals surface area contributed by atoms with Gasteiger partial charge in [-0.25, -0.2) is 4.79 Å². The largest absolute Gasteiger partial charge is 0.467 e. The Balaban J connectivity index is 1.78. The van der Waals surface area contributed by atoms with E-state index >= 15 is 0 Å². The number of hydrogen-bond acceptors (Lipinski definition) is 5. The number of nitrogens with one attached hydrogen (secondary N) is 1. The van der Waals surface area contributed by atoms with Gasteiger partial charge in [0.15, 0.2) is 0 Å². The van der Waals surface area contributed by atoms with Crippen LogP contribution in [0.5, 0.6) is 5.75 Å². The van der Waals surface area contributed by atoms with Gasteiger partial charge >= 0.3 is 22.3 Å². The number of nitrogens with zero attached hydrogens (tertiary/aromatic N) is 1. The average molecular weight is 482 g/mol. The Kier molecular flexibility index (Phi) is 7.32. The van der Waals surface area contributed by atoms with E-state index in [1.807, 2.05) is 0 Å². The summed E-state index contributed by atoms with van der Waals surface area (Å²) in [5.41, 5.74) is -0.0664. The van der Waals surface area contributed by atoms with Crippen molar-refractivity contribution in [2.45, 2.75) is 26.2 Å². The maximum atomic E-state index is 12.9. The van der Waals surface area contributed by atoms with E-state index < -0.39 is 27.9 Å². The number of furan rings is 1. The second-order valence-electron chi connectivity index (χ2n) is 7.02. The molecule has 0 unspecified atom stereocenters. The molecule has 0 saturated heterocycles. The highest BCUT2D eigenvalue weighted by molar-refractivity contribution is 7.87. The van der Waals surface area contributed by atoms with Gasteiger partial charge < -0.3 is 18.8 Å². The first-order valence-electron chi connectivity index (χ1n) is 9.82. The van der Waals surface area contributed by atoms with Crippen LogP contribution in [0.1, 0.15) is 23.8 Å². The molecule has 1 N–H and O–H groups in total. The van der Waals surface area contributed by atoms with Crippen LogP contribution in [-0.2, 0) is 29.4 Å². The molecule has 0 aliphatic carbocycles. The van der Waals surface area contributed by atoms with Crippen LogP contribution in [0.3, 0.4) is 0 Å². The number of carbonyl (C=O) groups excluding carboxylic acids is 1. The number of hydrogen-bond donors (Lipinski definition) is 1. The minimum Gasteiger partial charge on any atom is -0.467 e. The van der Waals surface area contributed by atoms with Crippen molar-refractivity contribution in [1.82, 2.24) is 4.90 Å². The predicted octanol–water partition coefficient (Wildman–Crippen LogP) is 5.26. The lowest BCUT2D eigenvalue weighted by molar-refractivity contribution is -0.137. The highest BCUT2D eigenvalue weighted by Gasteiger charge is 2.30. The van der Waals surface area contributed by atoms with E-state index in [1.54, 1.807) is 24.3 Å². The van der Waals surface area contributed by atoms with Crippen molar-refractivity contribution in [2.24, 2.45) is 0 Å².